The standard InChI is InChI=1S/C20H24N2O2/c1-14(2)24-19-9-6-17(7-10-19)13-21-22-20(23)12-18-8-5-15(3)11-16(18)4/h5-11,13-14H,12H2,1-4H3,(H,22,23)/b21-13-. The summed E-state index contributed by atoms with van der Waals surface area (Å²) in [6, 6.07) is 13.7. The van der Waals surface area contributed by atoms with Crippen molar-refractivity contribution >= 4 is 12.1 Å². The van der Waals surface area contributed by atoms with E-state index in [1.165, 1.54) is 5.56 Å². The molecule has 0 spiro atoms. The van der Waals surface area contributed by atoms with Crippen molar-refractivity contribution in [1.82, 2.24) is 5.43 Å². The van der Waals surface area contributed by atoms with E-state index in [0.29, 0.717) is 6.42 Å². The topological polar surface area (TPSA) is 50.7 Å². The average Bonchev–Trinajstić information content (AvgIpc) is 2.51. The largest absolute Gasteiger partial charge is 0.491 e. The summed E-state index contributed by atoms with van der Waals surface area (Å²) in [6.45, 7) is 8.03. The molecule has 0 aromatic heterocycles. The van der Waals surface area contributed by atoms with Crippen LogP contribution in [0.1, 0.15) is 36.1 Å². The zero-order valence-corrected chi connectivity index (χ0v) is 14.7. The van der Waals surface area contributed by atoms with Gasteiger partial charge < -0.3 is 4.74 Å². The van der Waals surface area contributed by atoms with E-state index in [4.69, 9.17) is 4.74 Å². The fourth-order valence-electron chi connectivity index (χ4n) is 2.34. The maximum Gasteiger partial charge on any atom is 0.244 e. The molecule has 1 N–H and O–H groups in total. The third-order valence-corrected chi connectivity index (χ3v) is 3.50. The highest BCUT2D eigenvalue weighted by Gasteiger charge is 2.05. The minimum absolute atomic E-state index is 0.127. The number of rotatable bonds is 6. The maximum atomic E-state index is 12.0. The Balaban J connectivity index is 1.87. The summed E-state index contributed by atoms with van der Waals surface area (Å²) in [5.41, 5.74) is 6.80. The van der Waals surface area contributed by atoms with Gasteiger partial charge in [-0.05, 0) is 68.7 Å². The quantitative estimate of drug-likeness (QED) is 0.649. The number of carbonyl (C=O) groups excluding carboxylic acids is 1. The first-order valence-corrected chi connectivity index (χ1v) is 8.09. The van der Waals surface area contributed by atoms with E-state index in [2.05, 4.69) is 16.6 Å². The van der Waals surface area contributed by atoms with E-state index in [0.717, 1.165) is 22.4 Å². The van der Waals surface area contributed by atoms with Gasteiger partial charge in [-0.3, -0.25) is 4.79 Å². The van der Waals surface area contributed by atoms with Gasteiger partial charge in [0, 0.05) is 0 Å². The van der Waals surface area contributed by atoms with E-state index >= 15 is 0 Å². The molecule has 0 radical (unpaired) electrons. The van der Waals surface area contributed by atoms with Crippen LogP contribution < -0.4 is 10.2 Å². The highest BCUT2D eigenvalue weighted by Crippen LogP contribution is 2.13. The molecule has 2 aromatic rings. The van der Waals surface area contributed by atoms with Crippen molar-refractivity contribution in [2.24, 2.45) is 5.10 Å². The number of aryl methyl sites for hydroxylation is 2. The minimum atomic E-state index is -0.127. The van der Waals surface area contributed by atoms with Gasteiger partial charge in [0.15, 0.2) is 0 Å². The Morgan fingerprint density at radius 3 is 2.50 bits per heavy atom. The molecule has 0 saturated heterocycles. The van der Waals surface area contributed by atoms with Crippen molar-refractivity contribution in [2.75, 3.05) is 0 Å². The smallest absolute Gasteiger partial charge is 0.244 e. The number of nitrogens with zero attached hydrogens (tertiary/aromatic N) is 1. The average molecular weight is 324 g/mol. The highest BCUT2D eigenvalue weighted by atomic mass is 16.5. The molecule has 0 unspecified atom stereocenters. The Bertz CT molecular complexity index is 719. The lowest BCUT2D eigenvalue weighted by atomic mass is 10.0. The molecular formula is C20H24N2O2. The molecule has 0 atom stereocenters. The SMILES string of the molecule is Cc1ccc(CC(=O)N/N=C\c2ccc(OC(C)C)cc2)c(C)c1. The third-order valence-electron chi connectivity index (χ3n) is 3.50. The van der Waals surface area contributed by atoms with Gasteiger partial charge in [0.25, 0.3) is 0 Å². The van der Waals surface area contributed by atoms with Crippen molar-refractivity contribution in [3.05, 3.63) is 64.7 Å². The van der Waals surface area contributed by atoms with E-state index < -0.39 is 0 Å². The summed E-state index contributed by atoms with van der Waals surface area (Å²) in [4.78, 5) is 12.0. The van der Waals surface area contributed by atoms with E-state index in [1.54, 1.807) is 6.21 Å². The van der Waals surface area contributed by atoms with Crippen LogP contribution in [0.2, 0.25) is 0 Å². The lowest BCUT2D eigenvalue weighted by Crippen LogP contribution is -2.20. The molecule has 1 amide bonds. The van der Waals surface area contributed by atoms with Crippen LogP contribution in [0, 0.1) is 13.8 Å². The molecule has 0 bridgehead atoms. The Kier molecular flexibility index (Phi) is 6.13. The van der Waals surface area contributed by atoms with Crippen molar-refractivity contribution in [1.29, 1.82) is 0 Å². The number of benzene rings is 2. The molecule has 0 saturated carbocycles. The Morgan fingerprint density at radius 1 is 1.17 bits per heavy atom. The van der Waals surface area contributed by atoms with Gasteiger partial charge in [-0.1, -0.05) is 23.8 Å². The summed E-state index contributed by atoms with van der Waals surface area (Å²) in [7, 11) is 0. The summed E-state index contributed by atoms with van der Waals surface area (Å²) < 4.78 is 5.58. The first-order valence-electron chi connectivity index (χ1n) is 8.09. The molecule has 4 heteroatoms. The van der Waals surface area contributed by atoms with Gasteiger partial charge in [-0.25, -0.2) is 5.43 Å². The molecule has 2 rings (SSSR count). The Morgan fingerprint density at radius 2 is 1.88 bits per heavy atom. The molecule has 24 heavy (non-hydrogen) atoms. The van der Waals surface area contributed by atoms with Gasteiger partial charge in [-0.15, -0.1) is 0 Å². The van der Waals surface area contributed by atoms with E-state index in [1.807, 2.05) is 64.1 Å². The molecule has 0 aliphatic heterocycles. The third kappa shape index (κ3) is 5.54. The van der Waals surface area contributed by atoms with Crippen LogP contribution in [-0.4, -0.2) is 18.2 Å². The van der Waals surface area contributed by atoms with Gasteiger partial charge in [0.2, 0.25) is 5.91 Å². The summed E-state index contributed by atoms with van der Waals surface area (Å²) in [5, 5.41) is 4.01. The van der Waals surface area contributed by atoms with Crippen molar-refractivity contribution in [3.8, 4) is 5.75 Å². The minimum Gasteiger partial charge on any atom is -0.491 e. The van der Waals surface area contributed by atoms with Gasteiger partial charge in [-0.2, -0.15) is 5.10 Å². The molecule has 2 aromatic carbocycles. The van der Waals surface area contributed by atoms with Crippen molar-refractivity contribution in [2.45, 2.75) is 40.2 Å². The van der Waals surface area contributed by atoms with Gasteiger partial charge in [0.1, 0.15) is 5.75 Å². The normalized spacial score (nSPS) is 11.0. The highest BCUT2D eigenvalue weighted by molar-refractivity contribution is 5.83. The molecular weight excluding hydrogens is 300 g/mol. The van der Waals surface area contributed by atoms with Crippen LogP contribution in [-0.2, 0) is 11.2 Å². The van der Waals surface area contributed by atoms with Crippen LogP contribution in [0.3, 0.4) is 0 Å². The fraction of sp³-hybridized carbons (Fsp3) is 0.300. The van der Waals surface area contributed by atoms with Crippen molar-refractivity contribution in [3.63, 3.8) is 0 Å². The molecule has 0 aliphatic rings. The van der Waals surface area contributed by atoms with Gasteiger partial charge in [0.05, 0.1) is 18.7 Å². The first kappa shape index (κ1) is 17.7. The predicted molar refractivity (Wildman–Crippen MR) is 97.6 cm³/mol. The monoisotopic (exact) mass is 324 g/mol. The molecule has 0 aliphatic carbocycles. The summed E-state index contributed by atoms with van der Waals surface area (Å²) in [5.74, 6) is 0.694. The summed E-state index contributed by atoms with van der Waals surface area (Å²) >= 11 is 0. The van der Waals surface area contributed by atoms with Crippen LogP contribution in [0.5, 0.6) is 5.75 Å². The van der Waals surface area contributed by atoms with Gasteiger partial charge >= 0.3 is 0 Å². The number of amides is 1. The van der Waals surface area contributed by atoms with Crippen molar-refractivity contribution < 1.29 is 9.53 Å². The number of nitrogens with one attached hydrogen (secondary N) is 1. The molecule has 0 fully saturated rings. The van der Waals surface area contributed by atoms with E-state index in [9.17, 15) is 4.79 Å². The lowest BCUT2D eigenvalue weighted by Gasteiger charge is -2.09. The molecule has 0 heterocycles. The lowest BCUT2D eigenvalue weighted by molar-refractivity contribution is -0.120. The Labute approximate surface area is 143 Å². The second kappa shape index (κ2) is 8.29. The van der Waals surface area contributed by atoms with Crippen LogP contribution >= 0.6 is 0 Å². The zero-order valence-electron chi connectivity index (χ0n) is 14.7. The number of hydrazone groups is 1. The van der Waals surface area contributed by atoms with E-state index in [-0.39, 0.29) is 12.0 Å². The molecule has 126 valence electrons. The predicted octanol–water partition coefficient (Wildman–Crippen LogP) is 3.78. The second-order valence-corrected chi connectivity index (χ2v) is 6.14. The number of carbonyl (C=O) groups is 1. The first-order chi connectivity index (χ1) is 11.4. The number of hydrogen-bond donors (Lipinski definition) is 1. The zero-order chi connectivity index (χ0) is 17.5. The molecule has 4 nitrogen and oxygen atoms in total. The van der Waals surface area contributed by atoms with Crippen LogP contribution in [0.15, 0.2) is 47.6 Å². The summed E-state index contributed by atoms with van der Waals surface area (Å²) in [6.07, 6.45) is 2.10. The second-order valence-electron chi connectivity index (χ2n) is 6.14. The number of hydrogen-bond acceptors (Lipinski definition) is 3. The fourth-order valence-corrected chi connectivity index (χ4v) is 2.34. The van der Waals surface area contributed by atoms with Crippen LogP contribution in [0.25, 0.3) is 0 Å². The number of ether oxygens (including phenoxy) is 1. The maximum absolute atomic E-state index is 12.0. The van der Waals surface area contributed by atoms with Crippen LogP contribution in [0.4, 0.5) is 0 Å². The Hall–Kier alpha value is -2.62.